The molecule has 0 spiro atoms. The number of pyridine rings is 1. The third-order valence-corrected chi connectivity index (χ3v) is 2.64. The van der Waals surface area contributed by atoms with Gasteiger partial charge in [0, 0.05) is 6.20 Å². The summed E-state index contributed by atoms with van der Waals surface area (Å²) >= 11 is 0. The van der Waals surface area contributed by atoms with E-state index in [1.54, 1.807) is 46.0 Å². The van der Waals surface area contributed by atoms with Crippen molar-refractivity contribution in [2.75, 3.05) is 5.32 Å². The lowest BCUT2D eigenvalue weighted by atomic mass is 9.87. The predicted octanol–water partition coefficient (Wildman–Crippen LogP) is 2.01. The molecule has 1 aromatic rings. The van der Waals surface area contributed by atoms with Crippen LogP contribution in [0.5, 0.6) is 0 Å². The molecule has 1 rings (SSSR count). The molecule has 19 heavy (non-hydrogen) atoms. The lowest BCUT2D eigenvalue weighted by Gasteiger charge is -2.27. The SMILES string of the molecule is Cc1ncccc1NC(=O)NC(C(=O)O)C(C)(C)C. The number of carbonyl (C=O) groups excluding carboxylic acids is 1. The van der Waals surface area contributed by atoms with Gasteiger partial charge in [0.2, 0.25) is 0 Å². The lowest BCUT2D eigenvalue weighted by Crippen LogP contribution is -2.50. The first-order valence-corrected chi connectivity index (χ1v) is 5.94. The number of carbonyl (C=O) groups is 2. The van der Waals surface area contributed by atoms with Crippen LogP contribution in [0.1, 0.15) is 26.5 Å². The normalized spacial score (nSPS) is 12.6. The molecular formula is C13H19N3O3. The van der Waals surface area contributed by atoms with Crippen molar-refractivity contribution in [2.24, 2.45) is 5.41 Å². The number of urea groups is 1. The van der Waals surface area contributed by atoms with E-state index < -0.39 is 23.5 Å². The van der Waals surface area contributed by atoms with E-state index in [1.807, 2.05) is 0 Å². The smallest absolute Gasteiger partial charge is 0.326 e. The Morgan fingerprint density at radius 1 is 1.37 bits per heavy atom. The van der Waals surface area contributed by atoms with Crippen molar-refractivity contribution in [3.05, 3.63) is 24.0 Å². The van der Waals surface area contributed by atoms with Crippen molar-refractivity contribution in [2.45, 2.75) is 33.7 Å². The number of rotatable bonds is 3. The van der Waals surface area contributed by atoms with Crippen LogP contribution in [-0.4, -0.2) is 28.1 Å². The molecule has 0 fully saturated rings. The molecule has 104 valence electrons. The van der Waals surface area contributed by atoms with E-state index in [-0.39, 0.29) is 0 Å². The van der Waals surface area contributed by atoms with Gasteiger partial charge < -0.3 is 15.7 Å². The van der Waals surface area contributed by atoms with Gasteiger partial charge in [-0.3, -0.25) is 4.98 Å². The summed E-state index contributed by atoms with van der Waals surface area (Å²) in [5, 5.41) is 14.2. The first-order valence-electron chi connectivity index (χ1n) is 5.94. The van der Waals surface area contributed by atoms with E-state index in [2.05, 4.69) is 15.6 Å². The van der Waals surface area contributed by atoms with E-state index in [4.69, 9.17) is 5.11 Å². The van der Waals surface area contributed by atoms with Crippen LogP contribution in [-0.2, 0) is 4.79 Å². The van der Waals surface area contributed by atoms with Crippen LogP contribution < -0.4 is 10.6 Å². The summed E-state index contributed by atoms with van der Waals surface area (Å²) in [5.74, 6) is -1.06. The van der Waals surface area contributed by atoms with Crippen LogP contribution in [0.15, 0.2) is 18.3 Å². The highest BCUT2D eigenvalue weighted by Gasteiger charge is 2.32. The first kappa shape index (κ1) is 14.9. The number of hydrogen-bond donors (Lipinski definition) is 3. The molecule has 6 heteroatoms. The molecule has 0 radical (unpaired) electrons. The van der Waals surface area contributed by atoms with Gasteiger partial charge in [-0.15, -0.1) is 0 Å². The molecule has 0 aliphatic rings. The average Bonchev–Trinajstić information content (AvgIpc) is 2.27. The van der Waals surface area contributed by atoms with Crippen molar-refractivity contribution in [1.82, 2.24) is 10.3 Å². The standard InChI is InChI=1S/C13H19N3O3/c1-8-9(6-5-7-14-8)15-12(19)16-10(11(17)18)13(2,3)4/h5-7,10H,1-4H3,(H,17,18)(H2,15,16,19). The Morgan fingerprint density at radius 3 is 2.47 bits per heavy atom. The topological polar surface area (TPSA) is 91.3 Å². The fourth-order valence-corrected chi connectivity index (χ4v) is 1.55. The number of anilines is 1. The summed E-state index contributed by atoms with van der Waals surface area (Å²) in [6, 6.07) is 1.87. The highest BCUT2D eigenvalue weighted by molar-refractivity contribution is 5.92. The molecule has 6 nitrogen and oxygen atoms in total. The fraction of sp³-hybridized carbons (Fsp3) is 0.462. The lowest BCUT2D eigenvalue weighted by molar-refractivity contribution is -0.141. The summed E-state index contributed by atoms with van der Waals surface area (Å²) in [6.45, 7) is 7.01. The molecule has 3 N–H and O–H groups in total. The summed E-state index contributed by atoms with van der Waals surface area (Å²) in [6.07, 6.45) is 1.62. The molecule has 1 unspecified atom stereocenters. The Labute approximate surface area is 112 Å². The summed E-state index contributed by atoms with van der Waals surface area (Å²) < 4.78 is 0. The van der Waals surface area contributed by atoms with Gasteiger partial charge in [0.25, 0.3) is 0 Å². The number of carboxylic acid groups (broad SMARTS) is 1. The van der Waals surface area contributed by atoms with Crippen molar-refractivity contribution in [3.63, 3.8) is 0 Å². The third-order valence-electron chi connectivity index (χ3n) is 2.64. The van der Waals surface area contributed by atoms with Crippen LogP contribution in [0.3, 0.4) is 0 Å². The van der Waals surface area contributed by atoms with E-state index in [9.17, 15) is 9.59 Å². The molecule has 0 aromatic carbocycles. The van der Waals surface area contributed by atoms with Gasteiger partial charge in [-0.05, 0) is 24.5 Å². The van der Waals surface area contributed by atoms with Gasteiger partial charge in [-0.25, -0.2) is 9.59 Å². The van der Waals surface area contributed by atoms with Crippen molar-refractivity contribution in [3.8, 4) is 0 Å². The van der Waals surface area contributed by atoms with Crippen molar-refractivity contribution in [1.29, 1.82) is 0 Å². The van der Waals surface area contributed by atoms with Gasteiger partial charge in [0.05, 0.1) is 11.4 Å². The number of aliphatic carboxylic acids is 1. The molecule has 0 bridgehead atoms. The highest BCUT2D eigenvalue weighted by atomic mass is 16.4. The van der Waals surface area contributed by atoms with Gasteiger partial charge in [-0.2, -0.15) is 0 Å². The van der Waals surface area contributed by atoms with E-state index in [1.165, 1.54) is 0 Å². The molecule has 1 aromatic heterocycles. The second-order valence-electron chi connectivity index (χ2n) is 5.37. The zero-order valence-electron chi connectivity index (χ0n) is 11.5. The predicted molar refractivity (Wildman–Crippen MR) is 72.0 cm³/mol. The maximum Gasteiger partial charge on any atom is 0.326 e. The van der Waals surface area contributed by atoms with E-state index in [0.29, 0.717) is 11.4 Å². The second-order valence-corrected chi connectivity index (χ2v) is 5.37. The van der Waals surface area contributed by atoms with Crippen LogP contribution in [0.2, 0.25) is 0 Å². The Kier molecular flexibility index (Phi) is 4.47. The zero-order valence-corrected chi connectivity index (χ0v) is 11.5. The maximum absolute atomic E-state index is 11.8. The number of aryl methyl sites for hydroxylation is 1. The Hall–Kier alpha value is -2.11. The minimum atomic E-state index is -1.06. The van der Waals surface area contributed by atoms with Crippen LogP contribution in [0.4, 0.5) is 10.5 Å². The van der Waals surface area contributed by atoms with Crippen molar-refractivity contribution < 1.29 is 14.7 Å². The number of aromatic nitrogens is 1. The Balaban J connectivity index is 2.75. The molecule has 1 heterocycles. The van der Waals surface area contributed by atoms with Gasteiger partial charge in [0.15, 0.2) is 0 Å². The zero-order chi connectivity index (χ0) is 14.6. The second kappa shape index (κ2) is 5.69. The van der Waals surface area contributed by atoms with Crippen LogP contribution >= 0.6 is 0 Å². The highest BCUT2D eigenvalue weighted by Crippen LogP contribution is 2.19. The molecule has 2 amide bonds. The number of nitrogens with zero attached hydrogens (tertiary/aromatic N) is 1. The Bertz CT molecular complexity index is 480. The summed E-state index contributed by atoms with van der Waals surface area (Å²) in [7, 11) is 0. The van der Waals surface area contributed by atoms with Crippen LogP contribution in [0, 0.1) is 12.3 Å². The van der Waals surface area contributed by atoms with E-state index in [0.717, 1.165) is 0 Å². The number of amides is 2. The number of hydrogen-bond acceptors (Lipinski definition) is 3. The van der Waals surface area contributed by atoms with Crippen molar-refractivity contribution >= 4 is 17.7 Å². The molecule has 0 aliphatic carbocycles. The Morgan fingerprint density at radius 2 is 2.00 bits per heavy atom. The van der Waals surface area contributed by atoms with Gasteiger partial charge >= 0.3 is 12.0 Å². The van der Waals surface area contributed by atoms with E-state index >= 15 is 0 Å². The minimum absolute atomic E-state index is 0.554. The van der Waals surface area contributed by atoms with Gasteiger partial charge in [0.1, 0.15) is 6.04 Å². The molecule has 0 saturated carbocycles. The largest absolute Gasteiger partial charge is 0.480 e. The monoisotopic (exact) mass is 265 g/mol. The first-order chi connectivity index (χ1) is 8.71. The summed E-state index contributed by atoms with van der Waals surface area (Å²) in [4.78, 5) is 27.0. The third kappa shape index (κ3) is 4.24. The molecular weight excluding hydrogens is 246 g/mol. The quantitative estimate of drug-likeness (QED) is 0.779. The van der Waals surface area contributed by atoms with Crippen LogP contribution in [0.25, 0.3) is 0 Å². The minimum Gasteiger partial charge on any atom is -0.480 e. The maximum atomic E-state index is 11.8. The fourth-order valence-electron chi connectivity index (χ4n) is 1.55. The summed E-state index contributed by atoms with van der Waals surface area (Å²) in [5.41, 5.74) is 0.644. The number of nitrogens with one attached hydrogen (secondary N) is 2. The molecule has 0 aliphatic heterocycles. The average molecular weight is 265 g/mol. The number of carboxylic acids is 1. The molecule has 0 saturated heterocycles. The molecule has 1 atom stereocenters. The van der Waals surface area contributed by atoms with Gasteiger partial charge in [-0.1, -0.05) is 20.8 Å².